The fourth-order valence-electron chi connectivity index (χ4n) is 4.65. The minimum absolute atomic E-state index is 0.00879. The van der Waals surface area contributed by atoms with Crippen LogP contribution in [0.3, 0.4) is 0 Å². The summed E-state index contributed by atoms with van der Waals surface area (Å²) >= 11 is 0. The molecule has 4 rings (SSSR count). The molecule has 38 heavy (non-hydrogen) atoms. The highest BCUT2D eigenvalue weighted by atomic mass is 19.1. The number of amides is 2. The number of methoxy groups -OCH3 is 2. The molecule has 0 spiro atoms. The number of carbonyl (C=O) groups is 2. The highest BCUT2D eigenvalue weighted by molar-refractivity contribution is 5.95. The van der Waals surface area contributed by atoms with Crippen molar-refractivity contribution in [2.75, 3.05) is 27.4 Å². The van der Waals surface area contributed by atoms with Gasteiger partial charge in [0, 0.05) is 44.9 Å². The van der Waals surface area contributed by atoms with E-state index < -0.39 is 11.7 Å². The summed E-state index contributed by atoms with van der Waals surface area (Å²) in [6.07, 6.45) is 4.05. The van der Waals surface area contributed by atoms with Gasteiger partial charge >= 0.3 is 0 Å². The third-order valence-electron chi connectivity index (χ3n) is 6.73. The third-order valence-corrected chi connectivity index (χ3v) is 6.73. The van der Waals surface area contributed by atoms with Gasteiger partial charge in [0.15, 0.2) is 11.6 Å². The first-order valence-electron chi connectivity index (χ1n) is 12.4. The number of halogens is 1. The zero-order valence-electron chi connectivity index (χ0n) is 21.4. The summed E-state index contributed by atoms with van der Waals surface area (Å²) in [6, 6.07) is 12.6. The summed E-state index contributed by atoms with van der Waals surface area (Å²) in [5.74, 6) is -1.34. The topological polar surface area (TPSA) is 120 Å². The molecule has 1 aliphatic rings. The van der Waals surface area contributed by atoms with Crippen molar-refractivity contribution in [2.45, 2.75) is 38.3 Å². The van der Waals surface area contributed by atoms with Gasteiger partial charge < -0.3 is 19.7 Å². The number of rotatable bonds is 10. The van der Waals surface area contributed by atoms with Gasteiger partial charge in [-0.15, -0.1) is 0 Å². The number of aromatic nitrogens is 2. The lowest BCUT2D eigenvalue weighted by Crippen LogP contribution is -2.34. The Hall–Kier alpha value is -4.23. The predicted octanol–water partition coefficient (Wildman–Crippen LogP) is 3.65. The van der Waals surface area contributed by atoms with Crippen LogP contribution in [-0.4, -0.2) is 54.3 Å². The summed E-state index contributed by atoms with van der Waals surface area (Å²) in [4.78, 5) is 27.2. The molecule has 0 saturated carbocycles. The van der Waals surface area contributed by atoms with Crippen molar-refractivity contribution in [1.82, 2.24) is 20.4 Å². The van der Waals surface area contributed by atoms with Gasteiger partial charge in [0.25, 0.3) is 5.91 Å². The van der Waals surface area contributed by atoms with Crippen molar-refractivity contribution in [3.05, 3.63) is 81.9 Å². The number of aromatic amines is 1. The van der Waals surface area contributed by atoms with E-state index in [0.29, 0.717) is 18.7 Å². The van der Waals surface area contributed by atoms with Gasteiger partial charge in [0.2, 0.25) is 5.91 Å². The predicted molar refractivity (Wildman–Crippen MR) is 137 cm³/mol. The van der Waals surface area contributed by atoms with Crippen LogP contribution in [0.1, 0.15) is 63.5 Å². The summed E-state index contributed by atoms with van der Waals surface area (Å²) in [5.41, 5.74) is 2.84. The van der Waals surface area contributed by atoms with Crippen molar-refractivity contribution in [2.24, 2.45) is 0 Å². The molecule has 1 fully saturated rings. The first-order valence-corrected chi connectivity index (χ1v) is 12.4. The van der Waals surface area contributed by atoms with E-state index in [9.17, 15) is 19.2 Å². The van der Waals surface area contributed by atoms with E-state index in [1.54, 1.807) is 7.11 Å². The molecule has 1 saturated heterocycles. The number of nitrogens with zero attached hydrogens (tertiary/aromatic N) is 3. The Kier molecular flexibility index (Phi) is 8.71. The molecule has 198 valence electrons. The van der Waals surface area contributed by atoms with Crippen LogP contribution in [0.15, 0.2) is 42.6 Å². The summed E-state index contributed by atoms with van der Waals surface area (Å²) in [6.45, 7) is 1.41. The van der Waals surface area contributed by atoms with Crippen molar-refractivity contribution in [3.8, 4) is 11.8 Å². The van der Waals surface area contributed by atoms with Crippen molar-refractivity contribution < 1.29 is 23.5 Å². The highest BCUT2D eigenvalue weighted by Crippen LogP contribution is 2.28. The average molecular weight is 520 g/mol. The molecule has 2 aromatic carbocycles. The van der Waals surface area contributed by atoms with E-state index in [1.165, 1.54) is 25.4 Å². The molecule has 2 N–H and O–H groups in total. The monoisotopic (exact) mass is 519 g/mol. The maximum atomic E-state index is 14.8. The van der Waals surface area contributed by atoms with Crippen LogP contribution in [0, 0.1) is 17.1 Å². The first kappa shape index (κ1) is 26.8. The summed E-state index contributed by atoms with van der Waals surface area (Å²) in [7, 11) is 2.91. The molecule has 1 aromatic heterocycles. The molecule has 2 heterocycles. The van der Waals surface area contributed by atoms with E-state index in [2.05, 4.69) is 15.5 Å². The molecule has 1 unspecified atom stereocenters. The molecule has 2 amide bonds. The zero-order chi connectivity index (χ0) is 27.1. The number of nitriles is 1. The molecule has 0 aliphatic carbocycles. The normalized spacial score (nSPS) is 14.2. The van der Waals surface area contributed by atoms with Crippen LogP contribution in [0.25, 0.3) is 0 Å². The van der Waals surface area contributed by atoms with E-state index in [4.69, 9.17) is 9.47 Å². The number of H-pyrrole nitrogens is 1. The van der Waals surface area contributed by atoms with Crippen LogP contribution >= 0.6 is 0 Å². The molecular formula is C28H30FN5O4. The maximum Gasteiger partial charge on any atom is 0.255 e. The smallest absolute Gasteiger partial charge is 0.255 e. The Balaban J connectivity index is 1.51. The second-order valence-electron chi connectivity index (χ2n) is 9.11. The van der Waals surface area contributed by atoms with E-state index >= 15 is 0 Å². The minimum atomic E-state index is -0.692. The van der Waals surface area contributed by atoms with Crippen molar-refractivity contribution in [1.29, 1.82) is 5.26 Å². The minimum Gasteiger partial charge on any atom is -0.494 e. The van der Waals surface area contributed by atoms with Gasteiger partial charge in [-0.05, 0) is 36.1 Å². The standard InChI is InChI=1S/C28H30FN5O4/c1-37-17-23(19-8-6-18(7-9-19)16-34-12-4-3-5-25(34)35)27-22(15-32-33-27)28(36)31-14-21-20(13-30)10-11-24(38-2)26(21)29/h6-11,15,23H,3-5,12,14,16-17H2,1-2H3,(H,31,36)(H,32,33). The highest BCUT2D eigenvalue weighted by Gasteiger charge is 2.25. The van der Waals surface area contributed by atoms with Crippen LogP contribution in [0.5, 0.6) is 5.75 Å². The molecule has 9 nitrogen and oxygen atoms in total. The van der Waals surface area contributed by atoms with Crippen LogP contribution in [0.4, 0.5) is 4.39 Å². The molecule has 10 heteroatoms. The first-order chi connectivity index (χ1) is 18.5. The quantitative estimate of drug-likeness (QED) is 0.422. The molecule has 3 aromatic rings. The largest absolute Gasteiger partial charge is 0.494 e. The SMILES string of the molecule is COCC(c1ccc(CN2CCCCC2=O)cc1)c1n[nH]cc1C(=O)NCc1c(C#N)ccc(OC)c1F. The lowest BCUT2D eigenvalue weighted by molar-refractivity contribution is -0.133. The van der Waals surface area contributed by atoms with Crippen LogP contribution in [0.2, 0.25) is 0 Å². The van der Waals surface area contributed by atoms with Crippen molar-refractivity contribution in [3.63, 3.8) is 0 Å². The van der Waals surface area contributed by atoms with Crippen molar-refractivity contribution >= 4 is 11.8 Å². The fourth-order valence-corrected chi connectivity index (χ4v) is 4.65. The molecule has 0 radical (unpaired) electrons. The van der Waals surface area contributed by atoms with Gasteiger partial charge in [-0.2, -0.15) is 10.4 Å². The number of ether oxygens (including phenoxy) is 2. The Morgan fingerprint density at radius 1 is 1.24 bits per heavy atom. The Morgan fingerprint density at radius 2 is 2.03 bits per heavy atom. The maximum absolute atomic E-state index is 14.8. The van der Waals surface area contributed by atoms with Gasteiger partial charge in [-0.1, -0.05) is 24.3 Å². The fraction of sp³-hybridized carbons (Fsp3) is 0.357. The summed E-state index contributed by atoms with van der Waals surface area (Å²) < 4.78 is 25.2. The lowest BCUT2D eigenvalue weighted by Gasteiger charge is -2.27. The second-order valence-corrected chi connectivity index (χ2v) is 9.11. The Labute approximate surface area is 220 Å². The summed E-state index contributed by atoms with van der Waals surface area (Å²) in [5, 5.41) is 19.1. The van der Waals surface area contributed by atoms with Gasteiger partial charge in [-0.3, -0.25) is 14.7 Å². The number of benzene rings is 2. The number of hydrogen-bond donors (Lipinski definition) is 2. The molecular weight excluding hydrogens is 489 g/mol. The molecule has 1 atom stereocenters. The molecule has 0 bridgehead atoms. The van der Waals surface area contributed by atoms with Gasteiger partial charge in [0.05, 0.1) is 42.5 Å². The number of hydrogen-bond acceptors (Lipinski definition) is 6. The van der Waals surface area contributed by atoms with Gasteiger partial charge in [0.1, 0.15) is 0 Å². The molecule has 1 aliphatic heterocycles. The average Bonchev–Trinajstić information content (AvgIpc) is 3.42. The van der Waals surface area contributed by atoms with E-state index in [1.807, 2.05) is 35.2 Å². The number of nitrogens with one attached hydrogen (secondary N) is 2. The van der Waals surface area contributed by atoms with Gasteiger partial charge in [-0.25, -0.2) is 4.39 Å². The lowest BCUT2D eigenvalue weighted by atomic mass is 9.93. The van der Waals surface area contributed by atoms with E-state index in [0.717, 1.165) is 30.5 Å². The van der Waals surface area contributed by atoms with Crippen LogP contribution < -0.4 is 10.1 Å². The zero-order valence-corrected chi connectivity index (χ0v) is 21.4. The second kappa shape index (κ2) is 12.3. The number of piperidine rings is 1. The Morgan fingerprint density at radius 3 is 2.71 bits per heavy atom. The number of likely N-dealkylation sites (tertiary alicyclic amines) is 1. The number of carbonyl (C=O) groups excluding carboxylic acids is 2. The third kappa shape index (κ3) is 5.84. The van der Waals surface area contributed by atoms with E-state index in [-0.39, 0.29) is 47.4 Å². The van der Waals surface area contributed by atoms with Crippen LogP contribution in [-0.2, 0) is 22.6 Å². The Bertz CT molecular complexity index is 1330.